The summed E-state index contributed by atoms with van der Waals surface area (Å²) in [6.07, 6.45) is 3.46. The van der Waals surface area contributed by atoms with Crippen molar-refractivity contribution in [1.29, 1.82) is 0 Å². The van der Waals surface area contributed by atoms with Crippen molar-refractivity contribution >= 4 is 18.0 Å². The van der Waals surface area contributed by atoms with Crippen LogP contribution in [-0.2, 0) is 0 Å². The van der Waals surface area contributed by atoms with E-state index in [0.29, 0.717) is 5.25 Å². The maximum atomic E-state index is 10.8. The first-order valence-corrected chi connectivity index (χ1v) is 5.62. The van der Waals surface area contributed by atoms with Crippen LogP contribution in [0.25, 0.3) is 0 Å². The molecular weight excluding hydrogens is 180 g/mol. The molecule has 0 aliphatic carbocycles. The van der Waals surface area contributed by atoms with E-state index in [1.54, 1.807) is 0 Å². The zero-order valence-corrected chi connectivity index (χ0v) is 8.22. The first-order chi connectivity index (χ1) is 6.42. The minimum absolute atomic E-state index is 0.557. The summed E-state index contributed by atoms with van der Waals surface area (Å²) in [7, 11) is 0. The zero-order chi connectivity index (χ0) is 9.10. The minimum atomic E-state index is 0.557. The molecule has 2 rings (SSSR count). The summed E-state index contributed by atoms with van der Waals surface area (Å²) in [4.78, 5) is 10.8. The highest BCUT2D eigenvalue weighted by Gasteiger charge is 2.19. The topological polar surface area (TPSA) is 17.1 Å². The van der Waals surface area contributed by atoms with Crippen LogP contribution in [0.4, 0.5) is 0 Å². The molecular formula is C11H12OS. The number of carbonyl (C=O) groups excluding carboxylic acids is 1. The predicted octanol–water partition coefficient (Wildman–Crippen LogP) is 3.07. The number of hydrogen-bond acceptors (Lipinski definition) is 2. The van der Waals surface area contributed by atoms with Crippen molar-refractivity contribution in [2.75, 3.05) is 5.75 Å². The van der Waals surface area contributed by atoms with E-state index in [-0.39, 0.29) is 0 Å². The van der Waals surface area contributed by atoms with Gasteiger partial charge in [-0.3, -0.25) is 4.79 Å². The van der Waals surface area contributed by atoms with Gasteiger partial charge in [0.05, 0.1) is 0 Å². The monoisotopic (exact) mass is 192 g/mol. The van der Waals surface area contributed by atoms with Crippen molar-refractivity contribution in [2.45, 2.75) is 18.1 Å². The van der Waals surface area contributed by atoms with E-state index in [0.717, 1.165) is 11.8 Å². The summed E-state index contributed by atoms with van der Waals surface area (Å²) in [5.74, 6) is 1.23. The van der Waals surface area contributed by atoms with Gasteiger partial charge in [0, 0.05) is 10.8 Å². The summed E-state index contributed by atoms with van der Waals surface area (Å²) < 4.78 is 0. The van der Waals surface area contributed by atoms with Crippen LogP contribution in [0, 0.1) is 0 Å². The van der Waals surface area contributed by atoms with Crippen LogP contribution < -0.4 is 0 Å². The lowest BCUT2D eigenvalue weighted by molar-refractivity contribution is 0.112. The molecule has 0 bridgehead atoms. The summed E-state index contributed by atoms with van der Waals surface area (Å²) in [5.41, 5.74) is 2.09. The van der Waals surface area contributed by atoms with Gasteiger partial charge >= 0.3 is 0 Å². The minimum Gasteiger partial charge on any atom is -0.298 e. The number of hydrogen-bond donors (Lipinski definition) is 0. The smallest absolute Gasteiger partial charge is 0.150 e. The maximum Gasteiger partial charge on any atom is 0.150 e. The van der Waals surface area contributed by atoms with E-state index in [9.17, 15) is 4.79 Å². The molecule has 0 saturated carbocycles. The van der Waals surface area contributed by atoms with Crippen LogP contribution in [-0.4, -0.2) is 12.0 Å². The fourth-order valence-corrected chi connectivity index (χ4v) is 3.08. The molecule has 1 unspecified atom stereocenters. The van der Waals surface area contributed by atoms with Crippen LogP contribution in [0.1, 0.15) is 34.0 Å². The number of benzene rings is 1. The molecule has 0 amide bonds. The molecule has 0 N–H and O–H groups in total. The summed E-state index contributed by atoms with van der Waals surface area (Å²) in [6.45, 7) is 0. The lowest BCUT2D eigenvalue weighted by Gasteiger charge is -2.10. The van der Waals surface area contributed by atoms with Gasteiger partial charge in [-0.15, -0.1) is 0 Å². The van der Waals surface area contributed by atoms with Crippen molar-refractivity contribution in [1.82, 2.24) is 0 Å². The molecule has 1 saturated heterocycles. The van der Waals surface area contributed by atoms with Crippen molar-refractivity contribution in [3.63, 3.8) is 0 Å². The molecule has 0 radical (unpaired) electrons. The van der Waals surface area contributed by atoms with Crippen LogP contribution in [0.3, 0.4) is 0 Å². The van der Waals surface area contributed by atoms with E-state index in [2.05, 4.69) is 6.07 Å². The van der Waals surface area contributed by atoms with Crippen LogP contribution in [0.15, 0.2) is 24.3 Å². The van der Waals surface area contributed by atoms with Gasteiger partial charge in [0.2, 0.25) is 0 Å². The second-order valence-electron chi connectivity index (χ2n) is 3.25. The Morgan fingerprint density at radius 1 is 1.38 bits per heavy atom. The van der Waals surface area contributed by atoms with Gasteiger partial charge in [-0.2, -0.15) is 11.8 Å². The third-order valence-corrected chi connectivity index (χ3v) is 3.82. The largest absolute Gasteiger partial charge is 0.298 e. The third kappa shape index (κ3) is 1.78. The second-order valence-corrected chi connectivity index (χ2v) is 4.56. The molecule has 1 heterocycles. The molecule has 1 aromatic carbocycles. The molecule has 2 heteroatoms. The molecule has 0 spiro atoms. The molecule has 13 heavy (non-hydrogen) atoms. The SMILES string of the molecule is O=Cc1ccccc1C1CCCS1. The Hall–Kier alpha value is -0.760. The Kier molecular flexibility index (Phi) is 2.69. The van der Waals surface area contributed by atoms with Gasteiger partial charge in [-0.1, -0.05) is 24.3 Å². The number of carbonyl (C=O) groups is 1. The standard InChI is InChI=1S/C11H12OS/c12-8-9-4-1-2-5-10(9)11-6-3-7-13-11/h1-2,4-5,8,11H,3,6-7H2. The Bertz CT molecular complexity index is 303. The van der Waals surface area contributed by atoms with Gasteiger partial charge in [0.1, 0.15) is 6.29 Å². The van der Waals surface area contributed by atoms with Gasteiger partial charge in [-0.25, -0.2) is 0 Å². The average Bonchev–Trinajstić information content (AvgIpc) is 2.70. The second kappa shape index (κ2) is 3.97. The van der Waals surface area contributed by atoms with E-state index in [1.165, 1.54) is 24.2 Å². The van der Waals surface area contributed by atoms with Crippen molar-refractivity contribution in [3.05, 3.63) is 35.4 Å². The normalized spacial score (nSPS) is 21.7. The van der Waals surface area contributed by atoms with E-state index >= 15 is 0 Å². The first-order valence-electron chi connectivity index (χ1n) is 4.57. The Labute approximate surface area is 82.5 Å². The summed E-state index contributed by atoms with van der Waals surface area (Å²) in [6, 6.07) is 7.92. The third-order valence-electron chi connectivity index (χ3n) is 2.40. The van der Waals surface area contributed by atoms with E-state index < -0.39 is 0 Å². The highest BCUT2D eigenvalue weighted by Crippen LogP contribution is 2.40. The maximum absolute atomic E-state index is 10.8. The van der Waals surface area contributed by atoms with E-state index in [4.69, 9.17) is 0 Å². The molecule has 1 nitrogen and oxygen atoms in total. The van der Waals surface area contributed by atoms with Gasteiger partial charge in [-0.05, 0) is 24.2 Å². The quantitative estimate of drug-likeness (QED) is 0.670. The zero-order valence-electron chi connectivity index (χ0n) is 7.40. The fraction of sp³-hybridized carbons (Fsp3) is 0.364. The highest BCUT2D eigenvalue weighted by molar-refractivity contribution is 7.99. The van der Waals surface area contributed by atoms with Crippen molar-refractivity contribution < 1.29 is 4.79 Å². The average molecular weight is 192 g/mol. The molecule has 1 aromatic rings. The predicted molar refractivity (Wildman–Crippen MR) is 56.3 cm³/mol. The lowest BCUT2D eigenvalue weighted by Crippen LogP contribution is -1.94. The molecule has 1 aliphatic rings. The van der Waals surface area contributed by atoms with Crippen LogP contribution in [0.2, 0.25) is 0 Å². The summed E-state index contributed by atoms with van der Waals surface area (Å²) >= 11 is 1.97. The van der Waals surface area contributed by atoms with Gasteiger partial charge in [0.25, 0.3) is 0 Å². The van der Waals surface area contributed by atoms with Gasteiger partial charge in [0.15, 0.2) is 0 Å². The van der Waals surface area contributed by atoms with E-state index in [1.807, 2.05) is 30.0 Å². The Morgan fingerprint density at radius 3 is 2.92 bits per heavy atom. The summed E-state index contributed by atoms with van der Waals surface area (Å²) in [5, 5.41) is 0.557. The highest BCUT2D eigenvalue weighted by atomic mass is 32.2. The number of aldehydes is 1. The Morgan fingerprint density at radius 2 is 2.23 bits per heavy atom. The molecule has 68 valence electrons. The first kappa shape index (κ1) is 8.82. The lowest BCUT2D eigenvalue weighted by atomic mass is 10.0. The molecule has 1 fully saturated rings. The fourth-order valence-electron chi connectivity index (χ4n) is 1.73. The molecule has 0 aromatic heterocycles. The van der Waals surface area contributed by atoms with Crippen molar-refractivity contribution in [2.24, 2.45) is 0 Å². The van der Waals surface area contributed by atoms with Crippen molar-refractivity contribution in [3.8, 4) is 0 Å². The van der Waals surface area contributed by atoms with Crippen LogP contribution >= 0.6 is 11.8 Å². The Balaban J connectivity index is 2.31. The van der Waals surface area contributed by atoms with Gasteiger partial charge < -0.3 is 0 Å². The van der Waals surface area contributed by atoms with Crippen LogP contribution in [0.5, 0.6) is 0 Å². The number of rotatable bonds is 2. The molecule has 1 aliphatic heterocycles. The molecule has 1 atom stereocenters. The number of thioether (sulfide) groups is 1.